The number of rotatable bonds is 3. The van der Waals surface area contributed by atoms with Gasteiger partial charge in [0.15, 0.2) is 5.84 Å². The molecule has 1 heterocycles. The molecular formula is C11H10BrN3O2S. The van der Waals surface area contributed by atoms with Crippen LogP contribution in [0.2, 0.25) is 0 Å². The molecule has 0 saturated heterocycles. The molecule has 0 aliphatic heterocycles. The van der Waals surface area contributed by atoms with E-state index in [-0.39, 0.29) is 5.84 Å². The number of oxime groups is 1. The van der Waals surface area contributed by atoms with Crippen LogP contribution in [-0.4, -0.2) is 16.0 Å². The molecule has 1 aromatic carbocycles. The molecule has 1 aromatic heterocycles. The summed E-state index contributed by atoms with van der Waals surface area (Å²) in [7, 11) is 0. The fourth-order valence-electron chi connectivity index (χ4n) is 1.30. The topological polar surface area (TPSA) is 84.6 Å². The van der Waals surface area contributed by atoms with Gasteiger partial charge in [-0.2, -0.15) is 0 Å². The summed E-state index contributed by atoms with van der Waals surface area (Å²) in [5.74, 6) is 0.0605. The van der Waals surface area contributed by atoms with Crippen LogP contribution in [0.5, 0.6) is 0 Å². The van der Waals surface area contributed by atoms with E-state index in [0.717, 1.165) is 15.1 Å². The maximum absolute atomic E-state index is 8.63. The largest absolute Gasteiger partial charge is 0.439 e. The van der Waals surface area contributed by atoms with Crippen molar-refractivity contribution < 1.29 is 9.62 Å². The third-order valence-electron chi connectivity index (χ3n) is 2.13. The average molecular weight is 328 g/mol. The first-order valence-electron chi connectivity index (χ1n) is 4.97. The highest BCUT2D eigenvalue weighted by Crippen LogP contribution is 2.30. The fraction of sp³-hybridized carbons (Fsp3) is 0.0909. The monoisotopic (exact) mass is 327 g/mol. The van der Waals surface area contributed by atoms with Crippen LogP contribution < -0.4 is 5.73 Å². The van der Waals surface area contributed by atoms with E-state index in [1.165, 1.54) is 11.8 Å². The number of aromatic nitrogens is 1. The summed E-state index contributed by atoms with van der Waals surface area (Å²) < 4.78 is 6.00. The maximum atomic E-state index is 8.63. The molecule has 0 aliphatic rings. The second-order valence-electron chi connectivity index (χ2n) is 3.48. The summed E-state index contributed by atoms with van der Waals surface area (Å²) in [5.41, 5.74) is 7.00. The van der Waals surface area contributed by atoms with E-state index in [0.29, 0.717) is 10.8 Å². The van der Waals surface area contributed by atoms with Gasteiger partial charge in [0, 0.05) is 14.9 Å². The zero-order valence-corrected chi connectivity index (χ0v) is 11.8. The van der Waals surface area contributed by atoms with E-state index in [1.54, 1.807) is 12.3 Å². The van der Waals surface area contributed by atoms with Crippen LogP contribution in [0.1, 0.15) is 11.3 Å². The number of aryl methyl sites for hydroxylation is 1. The van der Waals surface area contributed by atoms with Crippen LogP contribution in [0, 0.1) is 6.92 Å². The van der Waals surface area contributed by atoms with Crippen molar-refractivity contribution in [1.82, 2.24) is 4.98 Å². The highest BCUT2D eigenvalue weighted by Gasteiger charge is 2.09. The van der Waals surface area contributed by atoms with Gasteiger partial charge in [-0.3, -0.25) is 0 Å². The van der Waals surface area contributed by atoms with Crippen molar-refractivity contribution in [3.63, 3.8) is 0 Å². The molecule has 0 spiro atoms. The standard InChI is InChI=1S/C11H10BrN3O2S/c1-6-5-17-11(14-6)18-7-2-3-8(9(12)4-7)10(13)15-16/h2-5,16H,1H3,(H2,13,15). The Kier molecular flexibility index (Phi) is 3.93. The molecule has 0 aliphatic carbocycles. The lowest BCUT2D eigenvalue weighted by Gasteiger charge is -2.04. The fourth-order valence-corrected chi connectivity index (χ4v) is 2.83. The first-order chi connectivity index (χ1) is 8.60. The van der Waals surface area contributed by atoms with Gasteiger partial charge in [0.25, 0.3) is 5.22 Å². The van der Waals surface area contributed by atoms with Crippen molar-refractivity contribution in [3.05, 3.63) is 40.2 Å². The van der Waals surface area contributed by atoms with Gasteiger partial charge in [-0.05, 0) is 52.8 Å². The molecule has 0 amide bonds. The number of hydrogen-bond acceptors (Lipinski definition) is 5. The van der Waals surface area contributed by atoms with Crippen LogP contribution in [0.3, 0.4) is 0 Å². The van der Waals surface area contributed by atoms with Gasteiger partial charge in [-0.15, -0.1) is 0 Å². The van der Waals surface area contributed by atoms with E-state index in [2.05, 4.69) is 26.1 Å². The molecule has 2 rings (SSSR count). The van der Waals surface area contributed by atoms with E-state index >= 15 is 0 Å². The number of halogens is 1. The Bertz CT molecular complexity index is 598. The van der Waals surface area contributed by atoms with Gasteiger partial charge in [-0.1, -0.05) is 5.16 Å². The molecule has 0 unspecified atom stereocenters. The van der Waals surface area contributed by atoms with Crippen molar-refractivity contribution >= 4 is 33.5 Å². The van der Waals surface area contributed by atoms with Gasteiger partial charge >= 0.3 is 0 Å². The summed E-state index contributed by atoms with van der Waals surface area (Å²) >= 11 is 4.77. The normalized spacial score (nSPS) is 11.8. The Morgan fingerprint density at radius 2 is 2.33 bits per heavy atom. The van der Waals surface area contributed by atoms with E-state index in [9.17, 15) is 0 Å². The van der Waals surface area contributed by atoms with Crippen molar-refractivity contribution in [3.8, 4) is 0 Å². The molecular weight excluding hydrogens is 318 g/mol. The number of benzene rings is 1. The quantitative estimate of drug-likeness (QED) is 0.392. The Labute approximate surface area is 116 Å². The minimum Gasteiger partial charge on any atom is -0.439 e. The first kappa shape index (κ1) is 13.0. The second-order valence-corrected chi connectivity index (χ2v) is 5.36. The minimum absolute atomic E-state index is 0.0605. The van der Waals surface area contributed by atoms with Crippen molar-refractivity contribution in [2.75, 3.05) is 0 Å². The van der Waals surface area contributed by atoms with Crippen molar-refractivity contribution in [1.29, 1.82) is 0 Å². The van der Waals surface area contributed by atoms with Gasteiger partial charge in [0.2, 0.25) is 0 Å². The van der Waals surface area contributed by atoms with Gasteiger partial charge < -0.3 is 15.4 Å². The van der Waals surface area contributed by atoms with Crippen LogP contribution in [0.4, 0.5) is 0 Å². The van der Waals surface area contributed by atoms with Crippen LogP contribution in [0.25, 0.3) is 0 Å². The van der Waals surface area contributed by atoms with E-state index in [4.69, 9.17) is 15.4 Å². The SMILES string of the molecule is Cc1coc(Sc2ccc(/C(N)=N/O)c(Br)c2)n1. The number of nitrogens with zero attached hydrogens (tertiary/aromatic N) is 2. The molecule has 0 radical (unpaired) electrons. The molecule has 94 valence electrons. The molecule has 7 heteroatoms. The van der Waals surface area contributed by atoms with Crippen LogP contribution in [0.15, 0.2) is 48.6 Å². The Morgan fingerprint density at radius 3 is 2.89 bits per heavy atom. The molecule has 0 bridgehead atoms. The number of oxazole rings is 1. The molecule has 2 aromatic rings. The summed E-state index contributed by atoms with van der Waals surface area (Å²) in [6.07, 6.45) is 1.60. The maximum Gasteiger partial charge on any atom is 0.260 e. The average Bonchev–Trinajstić information content (AvgIpc) is 2.74. The zero-order valence-electron chi connectivity index (χ0n) is 9.42. The third-order valence-corrected chi connectivity index (χ3v) is 3.64. The third kappa shape index (κ3) is 2.85. The van der Waals surface area contributed by atoms with Crippen LogP contribution >= 0.6 is 27.7 Å². The summed E-state index contributed by atoms with van der Waals surface area (Å²) in [6, 6.07) is 5.47. The second kappa shape index (κ2) is 5.45. The molecule has 0 atom stereocenters. The smallest absolute Gasteiger partial charge is 0.260 e. The Balaban J connectivity index is 2.24. The number of nitrogens with two attached hydrogens (primary N) is 1. The van der Waals surface area contributed by atoms with E-state index in [1.807, 2.05) is 19.1 Å². The molecule has 0 saturated carbocycles. The lowest BCUT2D eigenvalue weighted by atomic mass is 10.2. The van der Waals surface area contributed by atoms with Gasteiger partial charge in [-0.25, -0.2) is 4.98 Å². The first-order valence-corrected chi connectivity index (χ1v) is 6.58. The molecule has 3 N–H and O–H groups in total. The van der Waals surface area contributed by atoms with Gasteiger partial charge in [0.05, 0.1) is 5.69 Å². The number of hydrogen-bond donors (Lipinski definition) is 2. The lowest BCUT2D eigenvalue weighted by Crippen LogP contribution is -2.13. The molecule has 18 heavy (non-hydrogen) atoms. The van der Waals surface area contributed by atoms with Gasteiger partial charge in [0.1, 0.15) is 6.26 Å². The summed E-state index contributed by atoms with van der Waals surface area (Å²) in [4.78, 5) is 5.14. The minimum atomic E-state index is 0.0605. The Hall–Kier alpha value is -1.47. The summed E-state index contributed by atoms with van der Waals surface area (Å²) in [5, 5.41) is 12.2. The van der Waals surface area contributed by atoms with Crippen LogP contribution in [-0.2, 0) is 0 Å². The predicted octanol–water partition coefficient (Wildman–Crippen LogP) is 2.99. The zero-order chi connectivity index (χ0) is 13.1. The highest BCUT2D eigenvalue weighted by atomic mass is 79.9. The lowest BCUT2D eigenvalue weighted by molar-refractivity contribution is 0.318. The van der Waals surface area contributed by atoms with Crippen molar-refractivity contribution in [2.24, 2.45) is 10.9 Å². The Morgan fingerprint density at radius 1 is 1.56 bits per heavy atom. The summed E-state index contributed by atoms with van der Waals surface area (Å²) in [6.45, 7) is 1.87. The molecule has 0 fully saturated rings. The van der Waals surface area contributed by atoms with E-state index < -0.39 is 0 Å². The van der Waals surface area contributed by atoms with Crippen molar-refractivity contribution in [2.45, 2.75) is 17.0 Å². The molecule has 5 nitrogen and oxygen atoms in total. The predicted molar refractivity (Wildman–Crippen MR) is 72.0 cm³/mol. The number of amidine groups is 1. The highest BCUT2D eigenvalue weighted by molar-refractivity contribution is 9.10.